The number of fused-ring (bicyclic) bond motifs is 4. The Morgan fingerprint density at radius 3 is 1.43 bits per heavy atom. The number of para-hydroxylation sites is 5. The molecule has 0 saturated carbocycles. The summed E-state index contributed by atoms with van der Waals surface area (Å²) in [7, 11) is 0. The molecule has 0 radical (unpaired) electrons. The average Bonchev–Trinajstić information content (AvgIpc) is 3.59. The second kappa shape index (κ2) is 13.4. The predicted molar refractivity (Wildman–Crippen MR) is 229 cm³/mol. The zero-order valence-corrected chi connectivity index (χ0v) is 29.7. The Hall–Kier alpha value is -7.16. The molecule has 0 unspecified atom stereocenters. The van der Waals surface area contributed by atoms with E-state index in [0.29, 0.717) is 0 Å². The summed E-state index contributed by atoms with van der Waals surface area (Å²) in [5, 5.41) is 4.87. The third-order valence-corrected chi connectivity index (χ3v) is 10.6. The first-order valence-electron chi connectivity index (χ1n) is 18.5. The standard InChI is InChI=1S/C52H36N2/c1-2-19-37(20-3-1)39-23-6-7-25-41(39)42-26-8-9-27-43(42)44-28-10-13-31-48(44)53(47-36-18-22-38-21-4-5-24-40(38)47)51-34-16-17-35-52(51)54-49-32-14-11-29-45(49)46-30-12-15-33-50(46)54/h1-36H. The second-order valence-electron chi connectivity index (χ2n) is 13.7. The Balaban J connectivity index is 1.27. The minimum absolute atomic E-state index is 1.09. The lowest BCUT2D eigenvalue weighted by Gasteiger charge is -2.31. The van der Waals surface area contributed by atoms with Crippen LogP contribution in [0, 0.1) is 0 Å². The van der Waals surface area contributed by atoms with Crippen molar-refractivity contribution < 1.29 is 0 Å². The Morgan fingerprint density at radius 1 is 0.278 bits per heavy atom. The van der Waals surface area contributed by atoms with Gasteiger partial charge in [-0.3, -0.25) is 0 Å². The molecule has 0 bridgehead atoms. The summed E-state index contributed by atoms with van der Waals surface area (Å²) < 4.78 is 2.44. The third kappa shape index (κ3) is 5.27. The summed E-state index contributed by atoms with van der Waals surface area (Å²) in [5.74, 6) is 0. The molecule has 0 aliphatic heterocycles. The third-order valence-electron chi connectivity index (χ3n) is 10.6. The van der Waals surface area contributed by atoms with Gasteiger partial charge in [0, 0.05) is 21.7 Å². The summed E-state index contributed by atoms with van der Waals surface area (Å²) >= 11 is 0. The van der Waals surface area contributed by atoms with Crippen molar-refractivity contribution in [2.24, 2.45) is 0 Å². The Kier molecular flexibility index (Phi) is 7.85. The average molecular weight is 689 g/mol. The van der Waals surface area contributed by atoms with Crippen LogP contribution >= 0.6 is 0 Å². The van der Waals surface area contributed by atoms with Crippen LogP contribution in [-0.4, -0.2) is 4.57 Å². The second-order valence-corrected chi connectivity index (χ2v) is 13.7. The monoisotopic (exact) mass is 688 g/mol. The fraction of sp³-hybridized carbons (Fsp3) is 0. The van der Waals surface area contributed by atoms with Crippen LogP contribution in [0.15, 0.2) is 218 Å². The molecule has 0 fully saturated rings. The maximum Gasteiger partial charge on any atom is 0.0702 e. The molecular weight excluding hydrogens is 653 g/mol. The van der Waals surface area contributed by atoms with Gasteiger partial charge in [0.05, 0.1) is 33.8 Å². The lowest BCUT2D eigenvalue weighted by molar-refractivity contribution is 1.15. The van der Waals surface area contributed by atoms with Crippen molar-refractivity contribution in [2.75, 3.05) is 4.90 Å². The Morgan fingerprint density at radius 2 is 0.722 bits per heavy atom. The zero-order valence-electron chi connectivity index (χ0n) is 29.7. The first kappa shape index (κ1) is 31.6. The molecule has 54 heavy (non-hydrogen) atoms. The van der Waals surface area contributed by atoms with Crippen molar-refractivity contribution in [3.05, 3.63) is 218 Å². The van der Waals surface area contributed by atoms with Crippen LogP contribution in [0.4, 0.5) is 17.1 Å². The van der Waals surface area contributed by atoms with Gasteiger partial charge >= 0.3 is 0 Å². The highest BCUT2D eigenvalue weighted by molar-refractivity contribution is 6.10. The van der Waals surface area contributed by atoms with E-state index in [1.165, 1.54) is 60.4 Å². The largest absolute Gasteiger partial charge is 0.307 e. The van der Waals surface area contributed by atoms with Gasteiger partial charge in [-0.25, -0.2) is 0 Å². The smallest absolute Gasteiger partial charge is 0.0702 e. The maximum absolute atomic E-state index is 2.48. The van der Waals surface area contributed by atoms with Gasteiger partial charge in [0.1, 0.15) is 0 Å². The van der Waals surface area contributed by atoms with E-state index < -0.39 is 0 Å². The molecular formula is C52H36N2. The highest BCUT2D eigenvalue weighted by atomic mass is 15.2. The summed E-state index contributed by atoms with van der Waals surface area (Å²) in [6.45, 7) is 0. The van der Waals surface area contributed by atoms with Gasteiger partial charge in [0.2, 0.25) is 0 Å². The molecule has 1 aromatic heterocycles. The molecule has 9 aromatic carbocycles. The normalized spacial score (nSPS) is 11.3. The zero-order chi connectivity index (χ0) is 35.8. The summed E-state index contributed by atoms with van der Waals surface area (Å²) in [6, 6.07) is 78.9. The molecule has 10 aromatic rings. The Bertz CT molecular complexity index is 2900. The van der Waals surface area contributed by atoms with Crippen molar-refractivity contribution in [1.82, 2.24) is 4.57 Å². The Labute approximate surface area is 315 Å². The van der Waals surface area contributed by atoms with E-state index >= 15 is 0 Å². The molecule has 0 aliphatic carbocycles. The van der Waals surface area contributed by atoms with Gasteiger partial charge in [-0.1, -0.05) is 182 Å². The van der Waals surface area contributed by atoms with Crippen molar-refractivity contribution >= 4 is 49.6 Å². The molecule has 10 rings (SSSR count). The van der Waals surface area contributed by atoms with Crippen LogP contribution in [0.1, 0.15) is 0 Å². The van der Waals surface area contributed by atoms with Crippen molar-refractivity contribution in [3.63, 3.8) is 0 Å². The van der Waals surface area contributed by atoms with Gasteiger partial charge in [-0.15, -0.1) is 0 Å². The van der Waals surface area contributed by atoms with E-state index in [0.717, 1.165) is 28.3 Å². The minimum Gasteiger partial charge on any atom is -0.307 e. The molecule has 0 N–H and O–H groups in total. The molecule has 2 nitrogen and oxygen atoms in total. The molecule has 0 spiro atoms. The molecule has 0 saturated heterocycles. The van der Waals surface area contributed by atoms with E-state index in [1.54, 1.807) is 0 Å². The van der Waals surface area contributed by atoms with Gasteiger partial charge in [0.15, 0.2) is 0 Å². The molecule has 1 heterocycles. The van der Waals surface area contributed by atoms with Gasteiger partial charge in [0.25, 0.3) is 0 Å². The van der Waals surface area contributed by atoms with Gasteiger partial charge < -0.3 is 9.47 Å². The van der Waals surface area contributed by atoms with Crippen LogP contribution in [0.2, 0.25) is 0 Å². The molecule has 0 atom stereocenters. The SMILES string of the molecule is c1ccc(-c2ccccc2-c2ccccc2-c2ccccc2N(c2ccccc2-n2c3ccccc3c3ccccc32)c2cccc3ccccc23)cc1. The van der Waals surface area contributed by atoms with Crippen LogP contribution < -0.4 is 4.90 Å². The summed E-state index contributed by atoms with van der Waals surface area (Å²) in [4.78, 5) is 2.48. The highest BCUT2D eigenvalue weighted by Crippen LogP contribution is 2.48. The van der Waals surface area contributed by atoms with Crippen LogP contribution in [0.5, 0.6) is 0 Å². The maximum atomic E-state index is 2.48. The van der Waals surface area contributed by atoms with Crippen LogP contribution in [-0.2, 0) is 0 Å². The highest BCUT2D eigenvalue weighted by Gasteiger charge is 2.24. The van der Waals surface area contributed by atoms with Crippen molar-refractivity contribution in [1.29, 1.82) is 0 Å². The fourth-order valence-corrected chi connectivity index (χ4v) is 8.25. The minimum atomic E-state index is 1.09. The number of nitrogens with zero attached hydrogens (tertiary/aromatic N) is 2. The number of anilines is 3. The van der Waals surface area contributed by atoms with Gasteiger partial charge in [-0.2, -0.15) is 0 Å². The van der Waals surface area contributed by atoms with E-state index in [-0.39, 0.29) is 0 Å². The number of hydrogen-bond acceptors (Lipinski definition) is 1. The lowest BCUT2D eigenvalue weighted by Crippen LogP contribution is -2.14. The predicted octanol–water partition coefficient (Wildman–Crippen LogP) is 14.4. The lowest BCUT2D eigenvalue weighted by atomic mass is 9.88. The van der Waals surface area contributed by atoms with E-state index in [1.807, 2.05) is 0 Å². The summed E-state index contributed by atoms with van der Waals surface area (Å²) in [6.07, 6.45) is 0. The molecule has 2 heteroatoms. The fourth-order valence-electron chi connectivity index (χ4n) is 8.25. The van der Waals surface area contributed by atoms with Gasteiger partial charge in [-0.05, 0) is 69.6 Å². The van der Waals surface area contributed by atoms with Crippen LogP contribution in [0.3, 0.4) is 0 Å². The van der Waals surface area contributed by atoms with Crippen LogP contribution in [0.25, 0.3) is 71.6 Å². The van der Waals surface area contributed by atoms with E-state index in [4.69, 9.17) is 0 Å². The van der Waals surface area contributed by atoms with E-state index in [2.05, 4.69) is 228 Å². The first-order valence-corrected chi connectivity index (χ1v) is 18.5. The summed E-state index contributed by atoms with van der Waals surface area (Å²) in [5.41, 5.74) is 13.9. The first-order chi connectivity index (χ1) is 26.8. The molecule has 0 amide bonds. The number of hydrogen-bond donors (Lipinski definition) is 0. The van der Waals surface area contributed by atoms with E-state index in [9.17, 15) is 0 Å². The number of benzene rings is 9. The molecule has 0 aliphatic rings. The number of rotatable bonds is 7. The van der Waals surface area contributed by atoms with Crippen molar-refractivity contribution in [3.8, 4) is 39.1 Å². The number of aromatic nitrogens is 1. The molecule has 254 valence electrons. The topological polar surface area (TPSA) is 8.17 Å². The van der Waals surface area contributed by atoms with Crippen molar-refractivity contribution in [2.45, 2.75) is 0 Å². The quantitative estimate of drug-likeness (QED) is 0.162.